The summed E-state index contributed by atoms with van der Waals surface area (Å²) >= 11 is 6.17. The standard InChI is InChI=1S/C12H18ClN/c1-4-9-6-5-7-10(13)11(9)12(14)8(2)3/h5-8,12H,4,14H2,1-3H3/t12-/m1/s1. The monoisotopic (exact) mass is 211 g/mol. The lowest BCUT2D eigenvalue weighted by molar-refractivity contribution is 0.511. The zero-order valence-corrected chi connectivity index (χ0v) is 9.81. The molecular formula is C12H18ClN. The fraction of sp³-hybridized carbons (Fsp3) is 0.500. The SMILES string of the molecule is CCc1cccc(Cl)c1[C@H](N)C(C)C. The largest absolute Gasteiger partial charge is 0.324 e. The zero-order chi connectivity index (χ0) is 10.7. The summed E-state index contributed by atoms with van der Waals surface area (Å²) in [5, 5.41) is 0.797. The molecule has 78 valence electrons. The molecule has 0 saturated carbocycles. The van der Waals surface area contributed by atoms with E-state index in [4.69, 9.17) is 17.3 Å². The van der Waals surface area contributed by atoms with Gasteiger partial charge in [-0.15, -0.1) is 0 Å². The number of benzene rings is 1. The third-order valence-electron chi connectivity index (χ3n) is 2.58. The Bertz CT molecular complexity index is 307. The molecule has 2 heteroatoms. The molecule has 0 aliphatic carbocycles. The van der Waals surface area contributed by atoms with Gasteiger partial charge in [0.25, 0.3) is 0 Å². The molecule has 0 aliphatic rings. The van der Waals surface area contributed by atoms with Crippen molar-refractivity contribution in [2.24, 2.45) is 11.7 Å². The third-order valence-corrected chi connectivity index (χ3v) is 2.91. The van der Waals surface area contributed by atoms with Gasteiger partial charge >= 0.3 is 0 Å². The van der Waals surface area contributed by atoms with Gasteiger partial charge in [-0.2, -0.15) is 0 Å². The Morgan fingerprint density at radius 3 is 2.50 bits per heavy atom. The summed E-state index contributed by atoms with van der Waals surface area (Å²) in [7, 11) is 0. The number of hydrogen-bond acceptors (Lipinski definition) is 1. The van der Waals surface area contributed by atoms with E-state index in [1.807, 2.05) is 12.1 Å². The van der Waals surface area contributed by atoms with Crippen LogP contribution in [0.1, 0.15) is 37.9 Å². The van der Waals surface area contributed by atoms with E-state index in [0.717, 1.165) is 17.0 Å². The molecule has 0 aliphatic heterocycles. The van der Waals surface area contributed by atoms with Crippen LogP contribution in [0.2, 0.25) is 5.02 Å². The number of aryl methyl sites for hydroxylation is 1. The van der Waals surface area contributed by atoms with Gasteiger partial charge in [0.2, 0.25) is 0 Å². The van der Waals surface area contributed by atoms with Crippen LogP contribution >= 0.6 is 11.6 Å². The van der Waals surface area contributed by atoms with E-state index in [-0.39, 0.29) is 6.04 Å². The van der Waals surface area contributed by atoms with Crippen molar-refractivity contribution in [1.82, 2.24) is 0 Å². The van der Waals surface area contributed by atoms with Crippen LogP contribution in [0.5, 0.6) is 0 Å². The van der Waals surface area contributed by atoms with Crippen LogP contribution in [-0.2, 0) is 6.42 Å². The average Bonchev–Trinajstić information content (AvgIpc) is 2.16. The predicted molar refractivity (Wildman–Crippen MR) is 62.6 cm³/mol. The Hall–Kier alpha value is -0.530. The van der Waals surface area contributed by atoms with Gasteiger partial charge in [-0.1, -0.05) is 44.5 Å². The van der Waals surface area contributed by atoms with Gasteiger partial charge in [0.05, 0.1) is 0 Å². The first-order valence-corrected chi connectivity index (χ1v) is 5.48. The van der Waals surface area contributed by atoms with E-state index in [1.165, 1.54) is 5.56 Å². The van der Waals surface area contributed by atoms with Gasteiger partial charge in [0.1, 0.15) is 0 Å². The maximum atomic E-state index is 6.17. The highest BCUT2D eigenvalue weighted by Crippen LogP contribution is 2.29. The average molecular weight is 212 g/mol. The number of hydrogen-bond donors (Lipinski definition) is 1. The fourth-order valence-electron chi connectivity index (χ4n) is 1.60. The summed E-state index contributed by atoms with van der Waals surface area (Å²) in [5.74, 6) is 0.417. The quantitative estimate of drug-likeness (QED) is 0.813. The first-order valence-electron chi connectivity index (χ1n) is 5.10. The first-order chi connectivity index (χ1) is 6.57. The second-order valence-electron chi connectivity index (χ2n) is 3.94. The number of rotatable bonds is 3. The summed E-state index contributed by atoms with van der Waals surface area (Å²) in [5.41, 5.74) is 8.51. The lowest BCUT2D eigenvalue weighted by atomic mass is 9.92. The number of nitrogens with two attached hydrogens (primary N) is 1. The highest BCUT2D eigenvalue weighted by Gasteiger charge is 2.16. The smallest absolute Gasteiger partial charge is 0.0456 e. The van der Waals surface area contributed by atoms with Crippen LogP contribution in [0.3, 0.4) is 0 Å². The second kappa shape index (κ2) is 4.81. The molecule has 0 heterocycles. The van der Waals surface area contributed by atoms with Crippen molar-refractivity contribution in [3.63, 3.8) is 0 Å². The fourth-order valence-corrected chi connectivity index (χ4v) is 1.92. The van der Waals surface area contributed by atoms with Gasteiger partial charge in [-0.05, 0) is 29.5 Å². The normalized spacial score (nSPS) is 13.3. The minimum atomic E-state index is 0.0404. The van der Waals surface area contributed by atoms with Gasteiger partial charge in [-0.25, -0.2) is 0 Å². The number of halogens is 1. The highest BCUT2D eigenvalue weighted by molar-refractivity contribution is 6.31. The summed E-state index contributed by atoms with van der Waals surface area (Å²) in [6.07, 6.45) is 0.982. The molecule has 1 nitrogen and oxygen atoms in total. The minimum Gasteiger partial charge on any atom is -0.324 e. The molecule has 1 aromatic rings. The molecular weight excluding hydrogens is 194 g/mol. The van der Waals surface area contributed by atoms with Crippen molar-refractivity contribution in [2.45, 2.75) is 33.2 Å². The zero-order valence-electron chi connectivity index (χ0n) is 9.05. The van der Waals surface area contributed by atoms with Crippen LogP contribution < -0.4 is 5.73 Å². The van der Waals surface area contributed by atoms with Crippen molar-refractivity contribution in [2.75, 3.05) is 0 Å². The summed E-state index contributed by atoms with van der Waals surface area (Å²) in [6, 6.07) is 6.04. The van der Waals surface area contributed by atoms with Gasteiger partial charge < -0.3 is 5.73 Å². The lowest BCUT2D eigenvalue weighted by Gasteiger charge is -2.20. The van der Waals surface area contributed by atoms with Crippen molar-refractivity contribution in [3.05, 3.63) is 34.3 Å². The predicted octanol–water partition coefficient (Wildman–Crippen LogP) is 3.56. The summed E-state index contributed by atoms with van der Waals surface area (Å²) in [6.45, 7) is 6.36. The van der Waals surface area contributed by atoms with E-state index in [1.54, 1.807) is 0 Å². The Labute approximate surface area is 91.3 Å². The van der Waals surface area contributed by atoms with Crippen LogP contribution in [0.25, 0.3) is 0 Å². The molecule has 0 fully saturated rings. The van der Waals surface area contributed by atoms with Crippen LogP contribution in [0.4, 0.5) is 0 Å². The summed E-state index contributed by atoms with van der Waals surface area (Å²) < 4.78 is 0. The van der Waals surface area contributed by atoms with Crippen molar-refractivity contribution in [3.8, 4) is 0 Å². The molecule has 0 saturated heterocycles. The molecule has 0 bridgehead atoms. The first kappa shape index (κ1) is 11.5. The topological polar surface area (TPSA) is 26.0 Å². The van der Waals surface area contributed by atoms with Gasteiger partial charge in [-0.3, -0.25) is 0 Å². The Kier molecular flexibility index (Phi) is 3.97. The molecule has 1 aromatic carbocycles. The molecule has 2 N–H and O–H groups in total. The molecule has 1 rings (SSSR count). The molecule has 14 heavy (non-hydrogen) atoms. The van der Waals surface area contributed by atoms with Crippen molar-refractivity contribution in [1.29, 1.82) is 0 Å². The van der Waals surface area contributed by atoms with E-state index in [0.29, 0.717) is 5.92 Å². The maximum absolute atomic E-state index is 6.17. The van der Waals surface area contributed by atoms with Crippen LogP contribution in [0, 0.1) is 5.92 Å². The van der Waals surface area contributed by atoms with Crippen LogP contribution in [0.15, 0.2) is 18.2 Å². The van der Waals surface area contributed by atoms with E-state index in [2.05, 4.69) is 26.8 Å². The Morgan fingerprint density at radius 2 is 2.00 bits per heavy atom. The van der Waals surface area contributed by atoms with E-state index in [9.17, 15) is 0 Å². The Morgan fingerprint density at radius 1 is 1.36 bits per heavy atom. The van der Waals surface area contributed by atoms with Gasteiger partial charge in [0, 0.05) is 11.1 Å². The molecule has 0 radical (unpaired) electrons. The molecule has 0 aromatic heterocycles. The van der Waals surface area contributed by atoms with E-state index >= 15 is 0 Å². The second-order valence-corrected chi connectivity index (χ2v) is 4.34. The molecule has 0 amide bonds. The minimum absolute atomic E-state index is 0.0404. The third kappa shape index (κ3) is 2.28. The molecule has 0 spiro atoms. The maximum Gasteiger partial charge on any atom is 0.0456 e. The van der Waals surface area contributed by atoms with Crippen molar-refractivity contribution >= 4 is 11.6 Å². The molecule has 1 atom stereocenters. The highest BCUT2D eigenvalue weighted by atomic mass is 35.5. The van der Waals surface area contributed by atoms with Crippen molar-refractivity contribution < 1.29 is 0 Å². The Balaban J connectivity index is 3.16. The summed E-state index contributed by atoms with van der Waals surface area (Å²) in [4.78, 5) is 0. The van der Waals surface area contributed by atoms with E-state index < -0.39 is 0 Å². The lowest BCUT2D eigenvalue weighted by Crippen LogP contribution is -2.18. The van der Waals surface area contributed by atoms with Gasteiger partial charge in [0.15, 0.2) is 0 Å². The van der Waals surface area contributed by atoms with Crippen LogP contribution in [-0.4, -0.2) is 0 Å². The molecule has 0 unspecified atom stereocenters.